The van der Waals surface area contributed by atoms with Crippen LogP contribution in [0.5, 0.6) is 17.2 Å². The fraction of sp³-hybridized carbons (Fsp3) is 0.320. The number of rotatable bonds is 5. The summed E-state index contributed by atoms with van der Waals surface area (Å²) in [6.45, 7) is 9.47. The molecule has 0 radical (unpaired) electrons. The van der Waals surface area contributed by atoms with E-state index in [1.807, 2.05) is 13.8 Å². The van der Waals surface area contributed by atoms with E-state index in [1.165, 1.54) is 18.4 Å². The van der Waals surface area contributed by atoms with E-state index in [0.717, 1.165) is 0 Å². The van der Waals surface area contributed by atoms with Gasteiger partial charge < -0.3 is 19.4 Å². The second-order valence-corrected chi connectivity index (χ2v) is 8.87. The first-order valence-corrected chi connectivity index (χ1v) is 10.4. The Balaban J connectivity index is 2.02. The summed E-state index contributed by atoms with van der Waals surface area (Å²) in [7, 11) is 0. The summed E-state index contributed by atoms with van der Waals surface area (Å²) in [6, 6.07) is 6.16. The van der Waals surface area contributed by atoms with Gasteiger partial charge in [0.2, 0.25) is 5.43 Å². The second-order valence-electron chi connectivity index (χ2n) is 8.87. The van der Waals surface area contributed by atoms with Crippen LogP contribution >= 0.6 is 0 Å². The van der Waals surface area contributed by atoms with Crippen LogP contribution in [0.2, 0.25) is 0 Å². The predicted molar refractivity (Wildman–Crippen MR) is 120 cm³/mol. The maximum Gasteiger partial charge on any atom is 0.204 e. The Morgan fingerprint density at radius 3 is 2.56 bits per heavy atom. The highest BCUT2D eigenvalue weighted by molar-refractivity contribution is 5.93. The first-order chi connectivity index (χ1) is 15.1. The van der Waals surface area contributed by atoms with Crippen molar-refractivity contribution in [1.82, 2.24) is 0 Å². The molecule has 1 aliphatic rings. The van der Waals surface area contributed by atoms with E-state index in [1.54, 1.807) is 19.1 Å². The third kappa shape index (κ3) is 3.74. The molecule has 0 bridgehead atoms. The van der Waals surface area contributed by atoms with Crippen LogP contribution in [0.25, 0.3) is 22.1 Å². The summed E-state index contributed by atoms with van der Waals surface area (Å²) in [6.07, 6.45) is 1.89. The molecule has 3 aromatic rings. The molecule has 1 aliphatic heterocycles. The summed E-state index contributed by atoms with van der Waals surface area (Å²) in [5.41, 5.74) is 1.74. The van der Waals surface area contributed by atoms with Crippen LogP contribution in [-0.2, 0) is 17.7 Å². The first kappa shape index (κ1) is 21.9. The SMILES string of the molecule is C=C(C)[C@@H](Cc1c2c(c(O)c3c(=O)c(-c4ccc(O)cc4)coc13)CCC(C)(C)O2)OO. The van der Waals surface area contributed by atoms with E-state index in [0.29, 0.717) is 40.9 Å². The van der Waals surface area contributed by atoms with E-state index >= 15 is 0 Å². The maximum atomic E-state index is 13.5. The fourth-order valence-corrected chi connectivity index (χ4v) is 4.07. The van der Waals surface area contributed by atoms with Crippen LogP contribution in [0, 0.1) is 0 Å². The van der Waals surface area contributed by atoms with E-state index in [4.69, 9.17) is 9.15 Å². The minimum absolute atomic E-state index is 0.0473. The van der Waals surface area contributed by atoms with Crippen LogP contribution < -0.4 is 10.2 Å². The van der Waals surface area contributed by atoms with E-state index in [9.17, 15) is 20.3 Å². The minimum atomic E-state index is -0.748. The summed E-state index contributed by atoms with van der Waals surface area (Å²) in [4.78, 5) is 18.1. The number of ether oxygens (including phenoxy) is 1. The molecule has 3 N–H and O–H groups in total. The lowest BCUT2D eigenvalue weighted by Crippen LogP contribution is -2.34. The van der Waals surface area contributed by atoms with Gasteiger partial charge in [0.25, 0.3) is 0 Å². The van der Waals surface area contributed by atoms with Crippen molar-refractivity contribution in [3.8, 4) is 28.4 Å². The Hall–Kier alpha value is -3.29. The molecule has 0 fully saturated rings. The molecule has 0 spiro atoms. The summed E-state index contributed by atoms with van der Waals surface area (Å²) >= 11 is 0. The molecular formula is C25H26O7. The lowest BCUT2D eigenvalue weighted by molar-refractivity contribution is -0.268. The Morgan fingerprint density at radius 2 is 1.94 bits per heavy atom. The number of phenolic OH excluding ortho intramolecular Hbond substituents is 2. The molecule has 168 valence electrons. The van der Waals surface area contributed by atoms with Crippen LogP contribution in [-0.4, -0.2) is 27.2 Å². The van der Waals surface area contributed by atoms with E-state index in [2.05, 4.69) is 11.5 Å². The van der Waals surface area contributed by atoms with Crippen molar-refractivity contribution in [2.45, 2.75) is 51.7 Å². The zero-order valence-corrected chi connectivity index (χ0v) is 18.3. The van der Waals surface area contributed by atoms with Gasteiger partial charge in [-0.2, -0.15) is 0 Å². The van der Waals surface area contributed by atoms with Crippen LogP contribution in [0.3, 0.4) is 0 Å². The maximum absolute atomic E-state index is 13.5. The van der Waals surface area contributed by atoms with Gasteiger partial charge in [0.1, 0.15) is 46.2 Å². The molecule has 4 rings (SSSR count). The van der Waals surface area contributed by atoms with E-state index in [-0.39, 0.29) is 34.5 Å². The van der Waals surface area contributed by atoms with Crippen LogP contribution in [0.15, 0.2) is 51.9 Å². The van der Waals surface area contributed by atoms with Gasteiger partial charge in [0.05, 0.1) is 5.56 Å². The summed E-state index contributed by atoms with van der Waals surface area (Å²) in [5.74, 6) is 0.350. The molecule has 7 heteroatoms. The van der Waals surface area contributed by atoms with Gasteiger partial charge in [-0.25, -0.2) is 4.89 Å². The predicted octanol–water partition coefficient (Wildman–Crippen LogP) is 4.95. The van der Waals surface area contributed by atoms with Gasteiger partial charge in [-0.05, 0) is 56.9 Å². The number of hydrogen-bond donors (Lipinski definition) is 3. The minimum Gasteiger partial charge on any atom is -0.508 e. The first-order valence-electron chi connectivity index (χ1n) is 10.4. The summed E-state index contributed by atoms with van der Waals surface area (Å²) < 4.78 is 12.1. The van der Waals surface area contributed by atoms with Gasteiger partial charge in [-0.1, -0.05) is 18.7 Å². The monoisotopic (exact) mass is 438 g/mol. The van der Waals surface area contributed by atoms with Crippen LogP contribution in [0.4, 0.5) is 0 Å². The molecule has 0 unspecified atom stereocenters. The summed E-state index contributed by atoms with van der Waals surface area (Å²) in [5, 5.41) is 30.1. The average molecular weight is 438 g/mol. The highest BCUT2D eigenvalue weighted by atomic mass is 17.1. The molecule has 1 atom stereocenters. The van der Waals surface area contributed by atoms with Crippen molar-refractivity contribution in [3.05, 3.63) is 64.0 Å². The van der Waals surface area contributed by atoms with Crippen molar-refractivity contribution in [1.29, 1.82) is 0 Å². The van der Waals surface area contributed by atoms with Crippen molar-refractivity contribution < 1.29 is 29.5 Å². The number of phenols is 2. The Morgan fingerprint density at radius 1 is 1.25 bits per heavy atom. The second kappa shape index (κ2) is 8.00. The number of aromatic hydroxyl groups is 2. The lowest BCUT2D eigenvalue weighted by atomic mass is 9.88. The standard InChI is InChI=1S/C25H26O7/c1-13(2)19(32-29)11-17-23-16(9-10-25(3,4)31-23)21(27)20-22(28)18(12-30-24(17)20)14-5-7-15(26)8-6-14/h5-8,12,19,26-27,29H,1,9-11H2,2-4H3/t19-/m1/s1. The normalized spacial score (nSPS) is 15.8. The highest BCUT2D eigenvalue weighted by Gasteiger charge is 2.34. The Bertz CT molecular complexity index is 1250. The molecule has 0 amide bonds. The molecule has 0 saturated heterocycles. The fourth-order valence-electron chi connectivity index (χ4n) is 4.07. The number of hydrogen-bond acceptors (Lipinski definition) is 7. The lowest BCUT2D eigenvalue weighted by Gasteiger charge is -2.35. The molecular weight excluding hydrogens is 412 g/mol. The van der Waals surface area contributed by atoms with Crippen LogP contribution in [0.1, 0.15) is 38.3 Å². The molecule has 1 aromatic heterocycles. The quantitative estimate of drug-likeness (QED) is 0.294. The topological polar surface area (TPSA) is 109 Å². The van der Waals surface area contributed by atoms with Crippen molar-refractivity contribution in [2.24, 2.45) is 0 Å². The molecule has 2 heterocycles. The molecule has 0 aliphatic carbocycles. The van der Waals surface area contributed by atoms with E-state index < -0.39 is 17.1 Å². The Labute approximate surface area is 185 Å². The smallest absolute Gasteiger partial charge is 0.204 e. The Kier molecular flexibility index (Phi) is 5.48. The molecule has 0 saturated carbocycles. The van der Waals surface area contributed by atoms with Gasteiger partial charge in [0, 0.05) is 17.5 Å². The van der Waals surface area contributed by atoms with Gasteiger partial charge in [-0.3, -0.25) is 10.1 Å². The van der Waals surface area contributed by atoms with Gasteiger partial charge in [0.15, 0.2) is 0 Å². The number of fused-ring (bicyclic) bond motifs is 2. The van der Waals surface area contributed by atoms with Crippen molar-refractivity contribution in [3.63, 3.8) is 0 Å². The van der Waals surface area contributed by atoms with Gasteiger partial charge >= 0.3 is 0 Å². The molecule has 32 heavy (non-hydrogen) atoms. The average Bonchev–Trinajstić information content (AvgIpc) is 2.73. The zero-order valence-electron chi connectivity index (χ0n) is 18.3. The third-order valence-electron chi connectivity index (χ3n) is 5.94. The third-order valence-corrected chi connectivity index (χ3v) is 5.94. The number of benzene rings is 2. The van der Waals surface area contributed by atoms with Crippen molar-refractivity contribution in [2.75, 3.05) is 0 Å². The zero-order chi connectivity index (χ0) is 23.2. The highest BCUT2D eigenvalue weighted by Crippen LogP contribution is 2.46. The molecule has 7 nitrogen and oxygen atoms in total. The largest absolute Gasteiger partial charge is 0.508 e. The molecule has 2 aromatic carbocycles. The van der Waals surface area contributed by atoms with Crippen molar-refractivity contribution >= 4 is 11.0 Å². The van der Waals surface area contributed by atoms with Gasteiger partial charge in [-0.15, -0.1) is 0 Å².